The molecule has 0 saturated carbocycles. The van der Waals surface area contributed by atoms with Gasteiger partial charge >= 0.3 is 6.61 Å². The van der Waals surface area contributed by atoms with Crippen LogP contribution in [0.25, 0.3) is 0 Å². The zero-order valence-electron chi connectivity index (χ0n) is 8.46. The SMILES string of the molecule is CC(N)(c1ccccc1OC(F)F)C(F)F. The molecule has 0 spiro atoms. The van der Waals surface area contributed by atoms with Crippen LogP contribution >= 0.6 is 0 Å². The molecule has 6 heteroatoms. The van der Waals surface area contributed by atoms with Crippen LogP contribution in [0.5, 0.6) is 5.75 Å². The minimum atomic E-state index is -3.07. The third-order valence-corrected chi connectivity index (χ3v) is 2.14. The van der Waals surface area contributed by atoms with Crippen molar-refractivity contribution in [3.8, 4) is 5.75 Å². The highest BCUT2D eigenvalue weighted by Crippen LogP contribution is 2.33. The van der Waals surface area contributed by atoms with Gasteiger partial charge in [0.05, 0.1) is 0 Å². The van der Waals surface area contributed by atoms with E-state index in [1.54, 1.807) is 0 Å². The second-order valence-electron chi connectivity index (χ2n) is 3.46. The van der Waals surface area contributed by atoms with Crippen LogP contribution in [0.3, 0.4) is 0 Å². The highest BCUT2D eigenvalue weighted by Gasteiger charge is 2.35. The Labute approximate surface area is 90.0 Å². The van der Waals surface area contributed by atoms with Crippen LogP contribution in [0.1, 0.15) is 12.5 Å². The summed E-state index contributed by atoms with van der Waals surface area (Å²) in [4.78, 5) is 0. The summed E-state index contributed by atoms with van der Waals surface area (Å²) < 4.78 is 53.5. The van der Waals surface area contributed by atoms with E-state index in [1.807, 2.05) is 0 Å². The second-order valence-corrected chi connectivity index (χ2v) is 3.46. The zero-order valence-corrected chi connectivity index (χ0v) is 8.46. The molecule has 0 aromatic heterocycles. The zero-order chi connectivity index (χ0) is 12.3. The molecule has 0 radical (unpaired) electrons. The maximum Gasteiger partial charge on any atom is 0.387 e. The minimum absolute atomic E-state index is 0.148. The highest BCUT2D eigenvalue weighted by molar-refractivity contribution is 5.39. The first kappa shape index (κ1) is 12.8. The van der Waals surface area contributed by atoms with Crippen molar-refractivity contribution in [2.24, 2.45) is 5.73 Å². The fourth-order valence-electron chi connectivity index (χ4n) is 1.23. The average molecular weight is 237 g/mol. The summed E-state index contributed by atoms with van der Waals surface area (Å²) in [5, 5.41) is 0. The van der Waals surface area contributed by atoms with Gasteiger partial charge in [-0.3, -0.25) is 0 Å². The summed E-state index contributed by atoms with van der Waals surface area (Å²) in [7, 11) is 0. The summed E-state index contributed by atoms with van der Waals surface area (Å²) >= 11 is 0. The van der Waals surface area contributed by atoms with Gasteiger partial charge in [0.2, 0.25) is 0 Å². The Morgan fingerprint density at radius 1 is 1.19 bits per heavy atom. The van der Waals surface area contributed by atoms with E-state index in [2.05, 4.69) is 4.74 Å². The van der Waals surface area contributed by atoms with Gasteiger partial charge in [-0.1, -0.05) is 18.2 Å². The van der Waals surface area contributed by atoms with Crippen LogP contribution in [0.15, 0.2) is 24.3 Å². The van der Waals surface area contributed by atoms with Gasteiger partial charge in [-0.05, 0) is 13.0 Å². The van der Waals surface area contributed by atoms with Crippen LogP contribution in [0.4, 0.5) is 17.6 Å². The van der Waals surface area contributed by atoms with E-state index in [1.165, 1.54) is 24.3 Å². The first-order chi connectivity index (χ1) is 7.35. The Bertz CT molecular complexity index is 354. The molecule has 90 valence electrons. The van der Waals surface area contributed by atoms with Gasteiger partial charge in [0.1, 0.15) is 11.3 Å². The van der Waals surface area contributed by atoms with Gasteiger partial charge in [-0.2, -0.15) is 8.78 Å². The first-order valence-electron chi connectivity index (χ1n) is 4.47. The molecule has 0 heterocycles. The van der Waals surface area contributed by atoms with Gasteiger partial charge in [-0.25, -0.2) is 8.78 Å². The third kappa shape index (κ3) is 2.63. The maximum atomic E-state index is 12.6. The van der Waals surface area contributed by atoms with E-state index in [-0.39, 0.29) is 11.3 Å². The summed E-state index contributed by atoms with van der Waals surface area (Å²) in [5.41, 5.74) is 3.21. The second kappa shape index (κ2) is 4.69. The minimum Gasteiger partial charge on any atom is -0.434 e. The molecule has 0 bridgehead atoms. The number of alkyl halides is 4. The van der Waals surface area contributed by atoms with E-state index >= 15 is 0 Å². The quantitative estimate of drug-likeness (QED) is 0.817. The van der Waals surface area contributed by atoms with E-state index < -0.39 is 18.6 Å². The predicted octanol–water partition coefficient (Wildman–Crippen LogP) is 2.73. The number of ether oxygens (including phenoxy) is 1. The summed E-state index contributed by atoms with van der Waals surface area (Å²) in [5.74, 6) is -0.331. The van der Waals surface area contributed by atoms with Crippen LogP contribution in [0, 0.1) is 0 Å². The van der Waals surface area contributed by atoms with Crippen LogP contribution in [0.2, 0.25) is 0 Å². The van der Waals surface area contributed by atoms with Crippen LogP contribution in [-0.2, 0) is 5.54 Å². The van der Waals surface area contributed by atoms with Crippen LogP contribution < -0.4 is 10.5 Å². The van der Waals surface area contributed by atoms with Crippen molar-refractivity contribution in [1.29, 1.82) is 0 Å². The van der Waals surface area contributed by atoms with E-state index in [4.69, 9.17) is 5.73 Å². The van der Waals surface area contributed by atoms with Crippen LogP contribution in [-0.4, -0.2) is 13.0 Å². The molecular weight excluding hydrogens is 226 g/mol. The van der Waals surface area contributed by atoms with Crippen molar-refractivity contribution >= 4 is 0 Å². The van der Waals surface area contributed by atoms with E-state index in [0.29, 0.717) is 0 Å². The smallest absolute Gasteiger partial charge is 0.387 e. The molecule has 1 atom stereocenters. The van der Waals surface area contributed by atoms with Gasteiger partial charge in [0, 0.05) is 5.56 Å². The summed E-state index contributed by atoms with van der Waals surface area (Å²) in [6.07, 6.45) is -2.88. The Morgan fingerprint density at radius 3 is 2.25 bits per heavy atom. The number of nitrogens with two attached hydrogens (primary N) is 1. The lowest BCUT2D eigenvalue weighted by Gasteiger charge is -2.26. The molecule has 16 heavy (non-hydrogen) atoms. The molecule has 1 aromatic rings. The molecule has 1 unspecified atom stereocenters. The van der Waals surface area contributed by atoms with Gasteiger partial charge in [0.15, 0.2) is 0 Å². The monoisotopic (exact) mass is 237 g/mol. The van der Waals surface area contributed by atoms with Crippen molar-refractivity contribution in [1.82, 2.24) is 0 Å². The lowest BCUT2D eigenvalue weighted by molar-refractivity contribution is -0.0523. The summed E-state index contributed by atoms with van der Waals surface area (Å²) in [6, 6.07) is 5.25. The molecule has 2 nitrogen and oxygen atoms in total. The topological polar surface area (TPSA) is 35.2 Å². The van der Waals surface area contributed by atoms with Crippen molar-refractivity contribution < 1.29 is 22.3 Å². The lowest BCUT2D eigenvalue weighted by atomic mass is 9.93. The molecule has 2 N–H and O–H groups in total. The molecule has 0 saturated heterocycles. The fourth-order valence-corrected chi connectivity index (χ4v) is 1.23. The number of rotatable bonds is 4. The van der Waals surface area contributed by atoms with Gasteiger partial charge in [-0.15, -0.1) is 0 Å². The number of hydrogen-bond donors (Lipinski definition) is 1. The van der Waals surface area contributed by atoms with Gasteiger partial charge in [0.25, 0.3) is 6.43 Å². The average Bonchev–Trinajstić information content (AvgIpc) is 2.17. The number of halogens is 4. The molecule has 0 fully saturated rings. The molecule has 0 aliphatic heterocycles. The van der Waals surface area contributed by atoms with Crippen molar-refractivity contribution in [2.45, 2.75) is 25.5 Å². The highest BCUT2D eigenvalue weighted by atomic mass is 19.3. The molecule has 1 aromatic carbocycles. The standard InChI is InChI=1S/C10H11F4NO/c1-10(15,8(11)12)6-4-2-3-5-7(6)16-9(13)14/h2-5,8-9H,15H2,1H3. The fraction of sp³-hybridized carbons (Fsp3) is 0.400. The van der Waals surface area contributed by atoms with Gasteiger partial charge < -0.3 is 10.5 Å². The number of para-hydroxylation sites is 1. The molecule has 0 aliphatic carbocycles. The van der Waals surface area contributed by atoms with Crippen molar-refractivity contribution in [2.75, 3.05) is 0 Å². The Hall–Kier alpha value is -1.30. The molecule has 1 rings (SSSR count). The maximum absolute atomic E-state index is 12.6. The molecular formula is C10H11F4NO. The third-order valence-electron chi connectivity index (χ3n) is 2.14. The normalized spacial score (nSPS) is 15.2. The Balaban J connectivity index is 3.12. The van der Waals surface area contributed by atoms with Crippen molar-refractivity contribution in [3.63, 3.8) is 0 Å². The molecule has 0 aliphatic rings. The Kier molecular flexibility index (Phi) is 3.74. The largest absolute Gasteiger partial charge is 0.434 e. The van der Waals surface area contributed by atoms with E-state index in [0.717, 1.165) is 6.92 Å². The summed E-state index contributed by atoms with van der Waals surface area (Å²) in [6.45, 7) is -2.01. The predicted molar refractivity (Wildman–Crippen MR) is 50.6 cm³/mol. The molecule has 0 amide bonds. The number of hydrogen-bond acceptors (Lipinski definition) is 2. The Morgan fingerprint density at radius 2 is 1.75 bits per heavy atom. The van der Waals surface area contributed by atoms with Crippen molar-refractivity contribution in [3.05, 3.63) is 29.8 Å². The number of benzene rings is 1. The van der Waals surface area contributed by atoms with E-state index in [9.17, 15) is 17.6 Å². The lowest BCUT2D eigenvalue weighted by Crippen LogP contribution is -2.41. The first-order valence-corrected chi connectivity index (χ1v) is 4.47.